The van der Waals surface area contributed by atoms with E-state index in [0.29, 0.717) is 5.56 Å². The molecule has 3 N–H and O–H groups in total. The maximum atomic E-state index is 13.4. The summed E-state index contributed by atoms with van der Waals surface area (Å²) in [6.07, 6.45) is 0.257. The lowest BCUT2D eigenvalue weighted by molar-refractivity contribution is -0.120. The summed E-state index contributed by atoms with van der Waals surface area (Å²) in [5.41, 5.74) is 6.47. The van der Waals surface area contributed by atoms with Crippen LogP contribution in [0.3, 0.4) is 0 Å². The number of anilines is 1. The Morgan fingerprint density at radius 1 is 1.29 bits per heavy atom. The van der Waals surface area contributed by atoms with Gasteiger partial charge < -0.3 is 11.1 Å². The first-order chi connectivity index (χ1) is 11.2. The van der Waals surface area contributed by atoms with Crippen molar-refractivity contribution in [1.82, 2.24) is 0 Å². The summed E-state index contributed by atoms with van der Waals surface area (Å²) in [7, 11) is 0. The predicted molar refractivity (Wildman–Crippen MR) is 92.5 cm³/mol. The minimum Gasteiger partial charge on any atom is -0.324 e. The van der Waals surface area contributed by atoms with Crippen molar-refractivity contribution in [3.63, 3.8) is 0 Å². The molecular weight excluding hydrogens is 352 g/mol. The first-order valence-electron chi connectivity index (χ1n) is 6.97. The number of nitriles is 1. The fourth-order valence-corrected chi connectivity index (χ4v) is 2.59. The quantitative estimate of drug-likeness (QED) is 0.806. The van der Waals surface area contributed by atoms with E-state index in [1.807, 2.05) is 6.07 Å². The molecule has 2 rings (SSSR count). The molecule has 24 heavy (non-hydrogen) atoms. The number of carbonyl (C=O) groups is 1. The van der Waals surface area contributed by atoms with E-state index >= 15 is 0 Å². The van der Waals surface area contributed by atoms with Crippen LogP contribution < -0.4 is 11.1 Å². The number of hydrogen-bond donors (Lipinski definition) is 2. The van der Waals surface area contributed by atoms with Crippen LogP contribution in [0.4, 0.5) is 10.1 Å². The molecule has 0 saturated carbocycles. The van der Waals surface area contributed by atoms with Gasteiger partial charge in [0.05, 0.1) is 27.2 Å². The van der Waals surface area contributed by atoms with E-state index < -0.39 is 17.3 Å². The van der Waals surface area contributed by atoms with Gasteiger partial charge in [-0.15, -0.1) is 0 Å². The van der Waals surface area contributed by atoms with E-state index in [9.17, 15) is 9.18 Å². The number of carbonyl (C=O) groups excluding carboxylic acids is 1. The Hall–Kier alpha value is -2.13. The molecule has 0 saturated heterocycles. The van der Waals surface area contributed by atoms with Crippen LogP contribution in [0.2, 0.25) is 10.0 Å². The van der Waals surface area contributed by atoms with Crippen LogP contribution >= 0.6 is 23.2 Å². The summed E-state index contributed by atoms with van der Waals surface area (Å²) in [6, 6.07) is 11.3. The zero-order valence-corrected chi connectivity index (χ0v) is 14.2. The Morgan fingerprint density at radius 3 is 2.33 bits per heavy atom. The Balaban J connectivity index is 2.13. The molecule has 0 aliphatic heterocycles. The number of halogens is 3. The van der Waals surface area contributed by atoms with Crippen LogP contribution in [-0.4, -0.2) is 11.4 Å². The monoisotopic (exact) mass is 365 g/mol. The normalized spacial score (nSPS) is 13.0. The molecule has 0 aliphatic rings. The maximum absolute atomic E-state index is 13.4. The molecule has 0 bridgehead atoms. The second-order valence-corrected chi connectivity index (χ2v) is 6.43. The second-order valence-electron chi connectivity index (χ2n) is 5.61. The highest BCUT2D eigenvalue weighted by Gasteiger charge is 2.29. The zero-order chi connectivity index (χ0) is 17.9. The molecule has 2 aromatic rings. The molecule has 0 radical (unpaired) electrons. The van der Waals surface area contributed by atoms with Gasteiger partial charge in [-0.1, -0.05) is 35.3 Å². The van der Waals surface area contributed by atoms with Gasteiger partial charge in [-0.3, -0.25) is 4.79 Å². The first-order valence-corrected chi connectivity index (χ1v) is 7.72. The fraction of sp³-hybridized carbons (Fsp3) is 0.176. The summed E-state index contributed by atoms with van der Waals surface area (Å²) in [4.78, 5) is 12.4. The van der Waals surface area contributed by atoms with Crippen molar-refractivity contribution in [2.24, 2.45) is 5.73 Å². The SMILES string of the molecule is C[C@@](N)(Cc1ccc(C#N)cc1)C(=O)Nc1cc(Cl)c(F)c(Cl)c1. The highest BCUT2D eigenvalue weighted by molar-refractivity contribution is 6.35. The number of nitrogens with zero attached hydrogens (tertiary/aromatic N) is 1. The van der Waals surface area contributed by atoms with Crippen molar-refractivity contribution in [2.75, 3.05) is 5.32 Å². The molecule has 0 aromatic heterocycles. The maximum Gasteiger partial charge on any atom is 0.244 e. The lowest BCUT2D eigenvalue weighted by atomic mass is 9.92. The number of amides is 1. The van der Waals surface area contributed by atoms with Crippen molar-refractivity contribution in [1.29, 1.82) is 5.26 Å². The molecule has 0 unspecified atom stereocenters. The lowest BCUT2D eigenvalue weighted by Crippen LogP contribution is -2.50. The van der Waals surface area contributed by atoms with Crippen molar-refractivity contribution < 1.29 is 9.18 Å². The highest BCUT2D eigenvalue weighted by atomic mass is 35.5. The van der Waals surface area contributed by atoms with Gasteiger partial charge in [-0.05, 0) is 43.2 Å². The summed E-state index contributed by atoms with van der Waals surface area (Å²) in [6.45, 7) is 1.58. The Labute approximate surface area is 149 Å². The van der Waals surface area contributed by atoms with Crippen LogP contribution in [0.25, 0.3) is 0 Å². The minimum absolute atomic E-state index is 0.191. The van der Waals surface area contributed by atoms with Gasteiger partial charge in [-0.2, -0.15) is 5.26 Å². The molecule has 0 fully saturated rings. The molecule has 1 atom stereocenters. The Morgan fingerprint density at radius 2 is 1.83 bits per heavy atom. The van der Waals surface area contributed by atoms with Crippen molar-refractivity contribution in [3.8, 4) is 6.07 Å². The first kappa shape index (κ1) is 18.2. The molecule has 124 valence electrons. The molecule has 7 heteroatoms. The number of nitrogens with one attached hydrogen (secondary N) is 1. The Kier molecular flexibility index (Phi) is 5.45. The molecule has 4 nitrogen and oxygen atoms in total. The standard InChI is InChI=1S/C17H14Cl2FN3O/c1-17(22,8-10-2-4-11(9-21)5-3-10)16(24)23-12-6-13(18)15(20)14(19)7-12/h2-7H,8,22H2,1H3,(H,23,24)/t17-/m1/s1. The lowest BCUT2D eigenvalue weighted by Gasteiger charge is -2.24. The number of hydrogen-bond acceptors (Lipinski definition) is 3. The van der Waals surface area contributed by atoms with E-state index in [4.69, 9.17) is 34.2 Å². The van der Waals surface area contributed by atoms with Gasteiger partial charge >= 0.3 is 0 Å². The highest BCUT2D eigenvalue weighted by Crippen LogP contribution is 2.27. The van der Waals surface area contributed by atoms with Crippen LogP contribution in [-0.2, 0) is 11.2 Å². The minimum atomic E-state index is -1.22. The fourth-order valence-electron chi connectivity index (χ4n) is 2.10. The van der Waals surface area contributed by atoms with Crippen LogP contribution in [0, 0.1) is 17.1 Å². The van der Waals surface area contributed by atoms with E-state index in [1.165, 1.54) is 12.1 Å². The number of rotatable bonds is 4. The third-order valence-corrected chi connectivity index (χ3v) is 3.96. The molecule has 0 aliphatic carbocycles. The molecule has 2 aromatic carbocycles. The summed E-state index contributed by atoms with van der Waals surface area (Å²) in [5, 5.41) is 11.0. The predicted octanol–water partition coefficient (Wildman–Crippen LogP) is 3.90. The molecular formula is C17H14Cl2FN3O. The van der Waals surface area contributed by atoms with Crippen molar-refractivity contribution >= 4 is 34.8 Å². The molecule has 1 amide bonds. The summed E-state index contributed by atoms with van der Waals surface area (Å²) >= 11 is 11.4. The van der Waals surface area contributed by atoms with Gasteiger partial charge in [0.15, 0.2) is 5.82 Å². The van der Waals surface area contributed by atoms with Crippen molar-refractivity contribution in [2.45, 2.75) is 18.9 Å². The van der Waals surface area contributed by atoms with Crippen LogP contribution in [0.5, 0.6) is 0 Å². The average Bonchev–Trinajstić information content (AvgIpc) is 2.53. The van der Waals surface area contributed by atoms with Gasteiger partial charge in [0, 0.05) is 5.69 Å². The van der Waals surface area contributed by atoms with Crippen molar-refractivity contribution in [3.05, 3.63) is 63.4 Å². The van der Waals surface area contributed by atoms with Crippen LogP contribution in [0.15, 0.2) is 36.4 Å². The Bertz CT molecular complexity index is 791. The van der Waals surface area contributed by atoms with Gasteiger partial charge in [0.1, 0.15) is 0 Å². The largest absolute Gasteiger partial charge is 0.324 e. The van der Waals surface area contributed by atoms with E-state index in [2.05, 4.69) is 5.32 Å². The summed E-state index contributed by atoms with van der Waals surface area (Å²) in [5.74, 6) is -1.21. The zero-order valence-electron chi connectivity index (χ0n) is 12.7. The molecule has 0 heterocycles. The van der Waals surface area contributed by atoms with Gasteiger partial charge in [-0.25, -0.2) is 4.39 Å². The molecule has 0 spiro atoms. The van der Waals surface area contributed by atoms with Gasteiger partial charge in [0.25, 0.3) is 0 Å². The third-order valence-electron chi connectivity index (χ3n) is 3.41. The second kappa shape index (κ2) is 7.18. The van der Waals surface area contributed by atoms with E-state index in [-0.39, 0.29) is 22.2 Å². The van der Waals surface area contributed by atoms with E-state index in [0.717, 1.165) is 5.56 Å². The number of nitrogens with two attached hydrogens (primary N) is 1. The van der Waals surface area contributed by atoms with E-state index in [1.54, 1.807) is 31.2 Å². The van der Waals surface area contributed by atoms with Crippen LogP contribution in [0.1, 0.15) is 18.1 Å². The number of benzene rings is 2. The summed E-state index contributed by atoms with van der Waals surface area (Å²) < 4.78 is 13.4. The smallest absolute Gasteiger partial charge is 0.244 e. The van der Waals surface area contributed by atoms with Gasteiger partial charge in [0.2, 0.25) is 5.91 Å². The average molecular weight is 366 g/mol. The third kappa shape index (κ3) is 4.24. The topological polar surface area (TPSA) is 78.9 Å².